The predicted molar refractivity (Wildman–Crippen MR) is 77.1 cm³/mol. The number of hydrogen-bond acceptors (Lipinski definition) is 4. The molecule has 0 bridgehead atoms. The summed E-state index contributed by atoms with van der Waals surface area (Å²) in [7, 11) is 1.54. The maximum absolute atomic E-state index is 12.0. The fraction of sp³-hybridized carbons (Fsp3) is 0.125. The van der Waals surface area contributed by atoms with Gasteiger partial charge < -0.3 is 14.5 Å². The molecule has 5 heteroatoms. The van der Waals surface area contributed by atoms with Crippen LogP contribution in [0.3, 0.4) is 0 Å². The molecule has 0 radical (unpaired) electrons. The Morgan fingerprint density at radius 1 is 1.38 bits per heavy atom. The van der Waals surface area contributed by atoms with Crippen LogP contribution in [0.25, 0.3) is 6.08 Å². The molecule has 0 saturated carbocycles. The first kappa shape index (κ1) is 14.4. The van der Waals surface area contributed by atoms with Gasteiger partial charge in [0.25, 0.3) is 5.91 Å². The van der Waals surface area contributed by atoms with E-state index >= 15 is 0 Å². The molecule has 0 aliphatic carbocycles. The maximum Gasteiger partial charge on any atom is 0.262 e. The number of carbonyl (C=O) groups excluding carboxylic acids is 1. The summed E-state index contributed by atoms with van der Waals surface area (Å²) in [5, 5.41) is 11.8. The summed E-state index contributed by atoms with van der Waals surface area (Å²) in [6.45, 7) is 0.233. The third-order valence-electron chi connectivity index (χ3n) is 2.81. The Morgan fingerprint density at radius 2 is 2.19 bits per heavy atom. The molecule has 0 atom stereocenters. The fourth-order valence-electron chi connectivity index (χ4n) is 1.77. The second-order valence-electron chi connectivity index (χ2n) is 4.17. The van der Waals surface area contributed by atoms with Crippen molar-refractivity contribution in [3.8, 4) is 11.8 Å². The van der Waals surface area contributed by atoms with Gasteiger partial charge in [0.1, 0.15) is 23.2 Å². The standard InChI is InChI=1S/C16H14N2O3/c1-20-15-7-3-2-5-12(15)9-13(10-17)16(19)18-11-14-6-4-8-21-14/h2-9H,11H2,1H3,(H,18,19). The number of nitriles is 1. The number of hydrogen-bond donors (Lipinski definition) is 1. The Kier molecular flexibility index (Phi) is 4.78. The van der Waals surface area contributed by atoms with Crippen LogP contribution >= 0.6 is 0 Å². The normalized spacial score (nSPS) is 10.8. The molecule has 106 valence electrons. The minimum absolute atomic E-state index is 0.00561. The maximum atomic E-state index is 12.0. The third-order valence-corrected chi connectivity index (χ3v) is 2.81. The lowest BCUT2D eigenvalue weighted by molar-refractivity contribution is -0.117. The molecule has 2 rings (SSSR count). The highest BCUT2D eigenvalue weighted by molar-refractivity contribution is 6.01. The van der Waals surface area contributed by atoms with E-state index in [1.54, 1.807) is 24.3 Å². The molecule has 1 N–H and O–H groups in total. The van der Waals surface area contributed by atoms with Crippen molar-refractivity contribution in [2.45, 2.75) is 6.54 Å². The minimum Gasteiger partial charge on any atom is -0.496 e. The summed E-state index contributed by atoms with van der Waals surface area (Å²) in [6.07, 6.45) is 3.02. The van der Waals surface area contributed by atoms with E-state index < -0.39 is 5.91 Å². The van der Waals surface area contributed by atoms with Gasteiger partial charge >= 0.3 is 0 Å². The van der Waals surface area contributed by atoms with Gasteiger partial charge in [-0.05, 0) is 24.3 Å². The van der Waals surface area contributed by atoms with Gasteiger partial charge in [0, 0.05) is 5.56 Å². The van der Waals surface area contributed by atoms with Gasteiger partial charge in [0.05, 0.1) is 19.9 Å². The first-order valence-corrected chi connectivity index (χ1v) is 6.30. The highest BCUT2D eigenvalue weighted by atomic mass is 16.5. The molecule has 0 fully saturated rings. The smallest absolute Gasteiger partial charge is 0.262 e. The van der Waals surface area contributed by atoms with E-state index in [-0.39, 0.29) is 12.1 Å². The number of furan rings is 1. The highest BCUT2D eigenvalue weighted by Gasteiger charge is 2.10. The van der Waals surface area contributed by atoms with Crippen LogP contribution in [-0.4, -0.2) is 13.0 Å². The number of para-hydroxylation sites is 1. The summed E-state index contributed by atoms with van der Waals surface area (Å²) in [6, 6.07) is 12.5. The number of nitrogens with zero attached hydrogens (tertiary/aromatic N) is 1. The zero-order chi connectivity index (χ0) is 15.1. The van der Waals surface area contributed by atoms with Crippen LogP contribution < -0.4 is 10.1 Å². The van der Waals surface area contributed by atoms with E-state index in [2.05, 4.69) is 5.32 Å². The van der Waals surface area contributed by atoms with Crippen LogP contribution in [0.2, 0.25) is 0 Å². The largest absolute Gasteiger partial charge is 0.496 e. The molecule has 0 aliphatic rings. The number of benzene rings is 1. The summed E-state index contributed by atoms with van der Waals surface area (Å²) in [4.78, 5) is 12.0. The molecule has 0 spiro atoms. The first-order valence-electron chi connectivity index (χ1n) is 6.30. The van der Waals surface area contributed by atoms with E-state index in [9.17, 15) is 4.79 Å². The first-order chi connectivity index (χ1) is 10.2. The quantitative estimate of drug-likeness (QED) is 0.675. The monoisotopic (exact) mass is 282 g/mol. The Hall–Kier alpha value is -3.00. The van der Waals surface area contributed by atoms with Crippen LogP contribution in [0.5, 0.6) is 5.75 Å². The average molecular weight is 282 g/mol. The molecule has 2 aromatic rings. The van der Waals surface area contributed by atoms with Crippen LogP contribution in [0, 0.1) is 11.3 Å². The van der Waals surface area contributed by atoms with Crippen molar-refractivity contribution in [3.05, 3.63) is 59.6 Å². The van der Waals surface area contributed by atoms with E-state index in [0.29, 0.717) is 17.1 Å². The summed E-state index contributed by atoms with van der Waals surface area (Å²) in [5.74, 6) is 0.766. The molecule has 5 nitrogen and oxygen atoms in total. The van der Waals surface area contributed by atoms with Gasteiger partial charge in [-0.25, -0.2) is 0 Å². The van der Waals surface area contributed by atoms with Gasteiger partial charge in [0.2, 0.25) is 0 Å². The summed E-state index contributed by atoms with van der Waals surface area (Å²) >= 11 is 0. The van der Waals surface area contributed by atoms with Crippen LogP contribution in [-0.2, 0) is 11.3 Å². The Morgan fingerprint density at radius 3 is 2.86 bits per heavy atom. The van der Waals surface area contributed by atoms with Gasteiger partial charge in [-0.1, -0.05) is 18.2 Å². The van der Waals surface area contributed by atoms with Gasteiger partial charge in [0.15, 0.2) is 0 Å². The number of ether oxygens (including phenoxy) is 1. The highest BCUT2D eigenvalue weighted by Crippen LogP contribution is 2.20. The lowest BCUT2D eigenvalue weighted by Crippen LogP contribution is -2.23. The van der Waals surface area contributed by atoms with Crippen molar-refractivity contribution >= 4 is 12.0 Å². The zero-order valence-corrected chi connectivity index (χ0v) is 11.5. The topological polar surface area (TPSA) is 75.3 Å². The van der Waals surface area contributed by atoms with Crippen molar-refractivity contribution in [2.24, 2.45) is 0 Å². The van der Waals surface area contributed by atoms with E-state index in [4.69, 9.17) is 14.4 Å². The van der Waals surface area contributed by atoms with E-state index in [1.165, 1.54) is 19.4 Å². The van der Waals surface area contributed by atoms with Crippen LogP contribution in [0.4, 0.5) is 0 Å². The Balaban J connectivity index is 2.13. The number of carbonyl (C=O) groups is 1. The van der Waals surface area contributed by atoms with Gasteiger partial charge in [-0.2, -0.15) is 5.26 Å². The Labute approximate surface area is 122 Å². The summed E-state index contributed by atoms with van der Waals surface area (Å²) in [5.41, 5.74) is 0.677. The van der Waals surface area contributed by atoms with Crippen molar-refractivity contribution in [3.63, 3.8) is 0 Å². The Bertz CT molecular complexity index is 682. The molecule has 1 aromatic carbocycles. The molecule has 21 heavy (non-hydrogen) atoms. The molecule has 1 amide bonds. The second kappa shape index (κ2) is 6.96. The minimum atomic E-state index is -0.459. The average Bonchev–Trinajstić information content (AvgIpc) is 3.04. The number of methoxy groups -OCH3 is 1. The number of rotatable bonds is 5. The van der Waals surface area contributed by atoms with Crippen molar-refractivity contribution in [2.75, 3.05) is 7.11 Å². The number of nitrogens with one attached hydrogen (secondary N) is 1. The molecular weight excluding hydrogens is 268 g/mol. The molecule has 0 unspecified atom stereocenters. The number of amides is 1. The van der Waals surface area contributed by atoms with Crippen LogP contribution in [0.1, 0.15) is 11.3 Å². The molecule has 1 aromatic heterocycles. The SMILES string of the molecule is COc1ccccc1C=C(C#N)C(=O)NCc1ccco1. The molecular formula is C16H14N2O3. The second-order valence-corrected chi connectivity index (χ2v) is 4.17. The fourth-order valence-corrected chi connectivity index (χ4v) is 1.77. The predicted octanol–water partition coefficient (Wildman–Crippen LogP) is 2.51. The molecule has 1 heterocycles. The zero-order valence-electron chi connectivity index (χ0n) is 11.5. The van der Waals surface area contributed by atoms with Crippen LogP contribution in [0.15, 0.2) is 52.7 Å². The molecule has 0 saturated heterocycles. The summed E-state index contributed by atoms with van der Waals surface area (Å²) < 4.78 is 10.3. The third kappa shape index (κ3) is 3.74. The van der Waals surface area contributed by atoms with E-state index in [1.807, 2.05) is 18.2 Å². The van der Waals surface area contributed by atoms with Gasteiger partial charge in [-0.15, -0.1) is 0 Å². The van der Waals surface area contributed by atoms with Crippen molar-refractivity contribution in [1.82, 2.24) is 5.32 Å². The van der Waals surface area contributed by atoms with Crippen molar-refractivity contribution in [1.29, 1.82) is 5.26 Å². The molecule has 0 aliphatic heterocycles. The van der Waals surface area contributed by atoms with E-state index in [0.717, 1.165) is 0 Å². The lowest BCUT2D eigenvalue weighted by atomic mass is 10.1. The van der Waals surface area contributed by atoms with Crippen molar-refractivity contribution < 1.29 is 13.9 Å². The van der Waals surface area contributed by atoms with Gasteiger partial charge in [-0.3, -0.25) is 4.79 Å². The lowest BCUT2D eigenvalue weighted by Gasteiger charge is -2.05.